The number of nitrogens with zero attached hydrogens (tertiary/aromatic N) is 1. The molecule has 0 spiro atoms. The van der Waals surface area contributed by atoms with Crippen molar-refractivity contribution in [1.29, 1.82) is 0 Å². The fraction of sp³-hybridized carbons (Fsp3) is 0.312. The van der Waals surface area contributed by atoms with Crippen molar-refractivity contribution >= 4 is 17.6 Å². The molecule has 106 valence electrons. The fourth-order valence-electron chi connectivity index (χ4n) is 1.81. The predicted molar refractivity (Wildman–Crippen MR) is 86.0 cm³/mol. The largest absolute Gasteiger partial charge is 0.396 e. The van der Waals surface area contributed by atoms with Crippen molar-refractivity contribution in [2.75, 3.05) is 17.7 Å². The highest BCUT2D eigenvalue weighted by atomic mass is 32.2. The summed E-state index contributed by atoms with van der Waals surface area (Å²) in [6, 6.07) is 12.6. The number of aryl methyl sites for hydroxylation is 1. The van der Waals surface area contributed by atoms with Gasteiger partial charge in [-0.3, -0.25) is 0 Å². The van der Waals surface area contributed by atoms with Crippen LogP contribution in [0.1, 0.15) is 16.7 Å². The third kappa shape index (κ3) is 4.87. The molecule has 4 heteroatoms. The lowest BCUT2D eigenvalue weighted by Gasteiger charge is -2.08. The standard InChI is InChI=1S/C16H20N2OS/c1-13-2-4-14(5-3-13)11-18-16-10-15(6-7-17-16)12-20-9-8-19/h2-7,10,19H,8-9,11-12H2,1H3,(H,17,18). The van der Waals surface area contributed by atoms with Crippen LogP contribution < -0.4 is 5.32 Å². The quantitative estimate of drug-likeness (QED) is 0.768. The predicted octanol–water partition coefficient (Wildman–Crippen LogP) is 3.23. The van der Waals surface area contributed by atoms with Crippen molar-refractivity contribution < 1.29 is 5.11 Å². The minimum Gasteiger partial charge on any atom is -0.396 e. The summed E-state index contributed by atoms with van der Waals surface area (Å²) < 4.78 is 0. The van der Waals surface area contributed by atoms with E-state index < -0.39 is 0 Å². The third-order valence-electron chi connectivity index (χ3n) is 2.92. The monoisotopic (exact) mass is 288 g/mol. The molecule has 0 aliphatic heterocycles. The highest BCUT2D eigenvalue weighted by Crippen LogP contribution is 2.15. The molecule has 0 saturated carbocycles. The van der Waals surface area contributed by atoms with Crippen LogP contribution in [0.15, 0.2) is 42.6 Å². The molecule has 0 unspecified atom stereocenters. The Balaban J connectivity index is 1.89. The summed E-state index contributed by atoms with van der Waals surface area (Å²) in [6.45, 7) is 3.10. The van der Waals surface area contributed by atoms with E-state index in [4.69, 9.17) is 5.11 Å². The zero-order valence-corrected chi connectivity index (χ0v) is 12.5. The van der Waals surface area contributed by atoms with Crippen LogP contribution >= 0.6 is 11.8 Å². The molecule has 0 bridgehead atoms. The van der Waals surface area contributed by atoms with Crippen molar-refractivity contribution in [1.82, 2.24) is 4.98 Å². The van der Waals surface area contributed by atoms with Gasteiger partial charge in [-0.25, -0.2) is 4.98 Å². The van der Waals surface area contributed by atoms with Crippen LogP contribution in [0.25, 0.3) is 0 Å². The molecular formula is C16H20N2OS. The number of anilines is 1. The average Bonchev–Trinajstić information content (AvgIpc) is 2.47. The average molecular weight is 288 g/mol. The van der Waals surface area contributed by atoms with E-state index in [-0.39, 0.29) is 6.61 Å². The first-order valence-electron chi connectivity index (χ1n) is 6.71. The van der Waals surface area contributed by atoms with Gasteiger partial charge in [0, 0.05) is 24.2 Å². The number of benzene rings is 1. The molecule has 0 aliphatic rings. The Morgan fingerprint density at radius 1 is 1.15 bits per heavy atom. The van der Waals surface area contributed by atoms with Crippen molar-refractivity contribution in [3.8, 4) is 0 Å². The molecule has 2 N–H and O–H groups in total. The molecule has 1 aromatic carbocycles. The molecule has 20 heavy (non-hydrogen) atoms. The van der Waals surface area contributed by atoms with Gasteiger partial charge in [0.2, 0.25) is 0 Å². The SMILES string of the molecule is Cc1ccc(CNc2cc(CSCCO)ccn2)cc1. The first kappa shape index (κ1) is 14.9. The van der Waals surface area contributed by atoms with E-state index >= 15 is 0 Å². The number of aliphatic hydroxyl groups is 1. The number of thioether (sulfide) groups is 1. The second-order valence-electron chi connectivity index (χ2n) is 4.66. The van der Waals surface area contributed by atoms with E-state index in [2.05, 4.69) is 47.6 Å². The molecule has 0 aliphatic carbocycles. The lowest BCUT2D eigenvalue weighted by molar-refractivity contribution is 0.322. The van der Waals surface area contributed by atoms with Gasteiger partial charge in [-0.1, -0.05) is 29.8 Å². The summed E-state index contributed by atoms with van der Waals surface area (Å²) in [5.41, 5.74) is 3.75. The summed E-state index contributed by atoms with van der Waals surface area (Å²) in [4.78, 5) is 4.33. The number of pyridine rings is 1. The number of aromatic nitrogens is 1. The summed E-state index contributed by atoms with van der Waals surface area (Å²) in [6.07, 6.45) is 1.83. The Labute approximate surface area is 124 Å². The fourth-order valence-corrected chi connectivity index (χ4v) is 2.50. The van der Waals surface area contributed by atoms with Crippen molar-refractivity contribution in [2.45, 2.75) is 19.2 Å². The van der Waals surface area contributed by atoms with Crippen LogP contribution in [0, 0.1) is 6.92 Å². The van der Waals surface area contributed by atoms with Crippen molar-refractivity contribution in [2.24, 2.45) is 0 Å². The third-order valence-corrected chi connectivity index (χ3v) is 3.93. The Morgan fingerprint density at radius 2 is 1.95 bits per heavy atom. The summed E-state index contributed by atoms with van der Waals surface area (Å²) >= 11 is 1.73. The molecular weight excluding hydrogens is 268 g/mol. The molecule has 0 atom stereocenters. The topological polar surface area (TPSA) is 45.1 Å². The number of hydrogen-bond acceptors (Lipinski definition) is 4. The molecule has 0 fully saturated rings. The first-order valence-corrected chi connectivity index (χ1v) is 7.86. The lowest BCUT2D eigenvalue weighted by Crippen LogP contribution is -2.01. The molecule has 3 nitrogen and oxygen atoms in total. The number of hydrogen-bond donors (Lipinski definition) is 2. The zero-order valence-electron chi connectivity index (χ0n) is 11.7. The Hall–Kier alpha value is -1.52. The molecule has 0 radical (unpaired) electrons. The van der Waals surface area contributed by atoms with E-state index in [9.17, 15) is 0 Å². The van der Waals surface area contributed by atoms with Crippen LogP contribution in [0.5, 0.6) is 0 Å². The van der Waals surface area contributed by atoms with Gasteiger partial charge in [0.15, 0.2) is 0 Å². The van der Waals surface area contributed by atoms with E-state index in [1.807, 2.05) is 12.3 Å². The molecule has 1 aromatic heterocycles. The number of nitrogens with one attached hydrogen (secondary N) is 1. The molecule has 0 saturated heterocycles. The maximum Gasteiger partial charge on any atom is 0.126 e. The highest BCUT2D eigenvalue weighted by molar-refractivity contribution is 7.98. The van der Waals surface area contributed by atoms with Crippen LogP contribution in [0.2, 0.25) is 0 Å². The van der Waals surface area contributed by atoms with E-state index in [0.29, 0.717) is 0 Å². The zero-order chi connectivity index (χ0) is 14.2. The second kappa shape index (κ2) is 7.92. The Morgan fingerprint density at radius 3 is 2.70 bits per heavy atom. The van der Waals surface area contributed by atoms with Crippen molar-refractivity contribution in [3.05, 3.63) is 59.3 Å². The van der Waals surface area contributed by atoms with Gasteiger partial charge >= 0.3 is 0 Å². The van der Waals surface area contributed by atoms with Gasteiger partial charge in [0.1, 0.15) is 5.82 Å². The normalized spacial score (nSPS) is 10.5. The number of aliphatic hydroxyl groups excluding tert-OH is 1. The Kier molecular flexibility index (Phi) is 5.89. The Bertz CT molecular complexity index is 528. The molecule has 2 rings (SSSR count). The van der Waals surface area contributed by atoms with Gasteiger partial charge in [-0.15, -0.1) is 0 Å². The lowest BCUT2D eigenvalue weighted by atomic mass is 10.1. The van der Waals surface area contributed by atoms with E-state index in [1.54, 1.807) is 11.8 Å². The molecule has 2 aromatic rings. The maximum atomic E-state index is 8.78. The van der Waals surface area contributed by atoms with Gasteiger partial charge in [0.25, 0.3) is 0 Å². The summed E-state index contributed by atoms with van der Waals surface area (Å²) in [7, 11) is 0. The van der Waals surface area contributed by atoms with Crippen LogP contribution in [-0.4, -0.2) is 22.5 Å². The second-order valence-corrected chi connectivity index (χ2v) is 5.77. The van der Waals surface area contributed by atoms with E-state index in [0.717, 1.165) is 23.9 Å². The van der Waals surface area contributed by atoms with Gasteiger partial charge in [-0.05, 0) is 30.2 Å². The summed E-state index contributed by atoms with van der Waals surface area (Å²) in [5, 5.41) is 12.1. The smallest absolute Gasteiger partial charge is 0.126 e. The maximum absolute atomic E-state index is 8.78. The van der Waals surface area contributed by atoms with Gasteiger partial charge < -0.3 is 10.4 Å². The van der Waals surface area contributed by atoms with Gasteiger partial charge in [0.05, 0.1) is 6.61 Å². The minimum absolute atomic E-state index is 0.230. The van der Waals surface area contributed by atoms with Crippen LogP contribution in [0.3, 0.4) is 0 Å². The summed E-state index contributed by atoms with van der Waals surface area (Å²) in [5.74, 6) is 2.57. The first-order chi connectivity index (χ1) is 9.78. The molecule has 0 amide bonds. The molecule has 1 heterocycles. The minimum atomic E-state index is 0.230. The number of rotatable bonds is 7. The highest BCUT2D eigenvalue weighted by Gasteiger charge is 1.98. The van der Waals surface area contributed by atoms with Crippen LogP contribution in [0.4, 0.5) is 5.82 Å². The van der Waals surface area contributed by atoms with Crippen molar-refractivity contribution in [3.63, 3.8) is 0 Å². The van der Waals surface area contributed by atoms with Crippen LogP contribution in [-0.2, 0) is 12.3 Å². The van der Waals surface area contributed by atoms with Gasteiger partial charge in [-0.2, -0.15) is 11.8 Å². The van der Waals surface area contributed by atoms with E-state index in [1.165, 1.54) is 16.7 Å².